The Morgan fingerprint density at radius 2 is 1.40 bits per heavy atom. The zero-order valence-corrected chi connectivity index (χ0v) is 36.6. The van der Waals surface area contributed by atoms with E-state index in [1.54, 1.807) is 0 Å². The summed E-state index contributed by atoms with van der Waals surface area (Å²) in [5.41, 5.74) is 8.67. The van der Waals surface area contributed by atoms with E-state index in [1.165, 1.54) is 22.2 Å². The van der Waals surface area contributed by atoms with Crippen molar-refractivity contribution in [1.82, 2.24) is 0 Å². The van der Waals surface area contributed by atoms with Gasteiger partial charge in [-0.25, -0.2) is 9.98 Å². The van der Waals surface area contributed by atoms with Gasteiger partial charge in [0, 0.05) is 18.2 Å². The van der Waals surface area contributed by atoms with Gasteiger partial charge in [0.1, 0.15) is 5.84 Å². The summed E-state index contributed by atoms with van der Waals surface area (Å²) in [6, 6.07) is 23.8. The molecule has 0 aromatic heterocycles. The number of hydrogen-bond donors (Lipinski definition) is 1. The molecule has 0 spiro atoms. The molecule has 4 rings (SSSR count). The molecule has 294 valence electrons. The zero-order valence-electron chi connectivity index (χ0n) is 36.6. The van der Waals surface area contributed by atoms with Crippen LogP contribution in [0.3, 0.4) is 0 Å². The first-order valence-corrected chi connectivity index (χ1v) is 20.5. The Balaban J connectivity index is 0.00000240. The molecule has 3 aromatic carbocycles. The molecule has 1 N–H and O–H groups in total. The van der Waals surface area contributed by atoms with E-state index >= 15 is 0 Å². The minimum absolute atomic E-state index is 0.0763. The van der Waals surface area contributed by atoms with E-state index in [9.17, 15) is 0 Å². The second-order valence-electron chi connectivity index (χ2n) is 13.7. The fourth-order valence-electron chi connectivity index (χ4n) is 5.83. The highest BCUT2D eigenvalue weighted by molar-refractivity contribution is 6.68. The highest BCUT2D eigenvalue weighted by Crippen LogP contribution is 2.45. The smallest absolute Gasteiger partial charge is 0.327 e. The second kappa shape index (κ2) is 25.5. The second-order valence-corrected chi connectivity index (χ2v) is 13.7. The molecule has 55 heavy (non-hydrogen) atoms. The molecular weight excluding hydrogens is 669 g/mol. The molecule has 0 amide bonds. The number of aliphatic imine (C=N–C) groups is 2. The summed E-state index contributed by atoms with van der Waals surface area (Å²) in [7, 11) is 0. The summed E-state index contributed by atoms with van der Waals surface area (Å²) < 4.78 is 6.59. The van der Waals surface area contributed by atoms with Crippen molar-refractivity contribution in [3.63, 3.8) is 0 Å². The molecule has 0 unspecified atom stereocenters. The molecule has 3 aromatic rings. The van der Waals surface area contributed by atoms with Crippen LogP contribution in [0.15, 0.2) is 137 Å². The maximum absolute atomic E-state index is 8.80. The normalized spacial score (nSPS) is 15.3. The lowest BCUT2D eigenvalue weighted by Gasteiger charge is -2.34. The number of rotatable bonds is 11. The number of amidine groups is 2. The van der Waals surface area contributed by atoms with Crippen LogP contribution in [0.4, 0.5) is 0 Å². The third-order valence-electron chi connectivity index (χ3n) is 9.53. The molecule has 1 fully saturated rings. The van der Waals surface area contributed by atoms with E-state index in [4.69, 9.17) is 20.0 Å². The first-order valence-electron chi connectivity index (χ1n) is 20.5. The van der Waals surface area contributed by atoms with E-state index < -0.39 is 0 Å². The molecule has 0 saturated carbocycles. The van der Waals surface area contributed by atoms with Gasteiger partial charge in [0.05, 0.1) is 5.60 Å². The van der Waals surface area contributed by atoms with Crippen LogP contribution in [0.1, 0.15) is 114 Å². The lowest BCUT2D eigenvalue weighted by Crippen LogP contribution is -2.36. The molecule has 1 saturated heterocycles. The van der Waals surface area contributed by atoms with E-state index in [-0.39, 0.29) is 23.8 Å². The average Bonchev–Trinajstić information content (AvgIpc) is 3.43. The van der Waals surface area contributed by atoms with Crippen molar-refractivity contribution in [1.29, 1.82) is 5.41 Å². The number of benzene rings is 3. The van der Waals surface area contributed by atoms with Crippen LogP contribution in [-0.4, -0.2) is 30.4 Å². The van der Waals surface area contributed by atoms with Gasteiger partial charge >= 0.3 is 6.92 Å². The van der Waals surface area contributed by atoms with Gasteiger partial charge in [0.2, 0.25) is 0 Å². The van der Waals surface area contributed by atoms with Gasteiger partial charge in [0.25, 0.3) is 0 Å². The molecule has 1 aliphatic heterocycles. The molecule has 4 nitrogen and oxygen atoms in total. The Morgan fingerprint density at radius 1 is 0.782 bits per heavy atom. The van der Waals surface area contributed by atoms with Gasteiger partial charge < -0.3 is 4.65 Å². The number of nitrogens with zero attached hydrogens (tertiary/aromatic N) is 2. The fourth-order valence-corrected chi connectivity index (χ4v) is 5.83. The van der Waals surface area contributed by atoms with Crippen LogP contribution in [0.5, 0.6) is 0 Å². The average molecular weight is 740 g/mol. The van der Waals surface area contributed by atoms with Crippen molar-refractivity contribution >= 4 is 30.3 Å². The molecule has 0 radical (unpaired) electrons. The first kappa shape index (κ1) is 48.4. The van der Waals surface area contributed by atoms with Gasteiger partial charge in [-0.2, -0.15) is 0 Å². The van der Waals surface area contributed by atoms with E-state index in [0.29, 0.717) is 18.7 Å². The van der Waals surface area contributed by atoms with Gasteiger partial charge in [-0.1, -0.05) is 172 Å². The van der Waals surface area contributed by atoms with Gasteiger partial charge in [-0.15, -0.1) is 0 Å². The fraction of sp³-hybridized carbons (Fsp3) is 0.380. The van der Waals surface area contributed by atoms with Crippen molar-refractivity contribution < 1.29 is 4.65 Å². The number of nitrogens with one attached hydrogen (secondary N) is 1. The third-order valence-corrected chi connectivity index (χ3v) is 9.53. The summed E-state index contributed by atoms with van der Waals surface area (Å²) in [5, 5.41) is 8.80. The topological polar surface area (TPSA) is 57.8 Å². The molecule has 0 aliphatic carbocycles. The summed E-state index contributed by atoms with van der Waals surface area (Å²) in [6.07, 6.45) is 22.1. The van der Waals surface area contributed by atoms with Crippen molar-refractivity contribution in [2.75, 3.05) is 0 Å². The number of hydrogen-bond acceptors (Lipinski definition) is 2. The number of aryl methyl sites for hydroxylation is 1. The molecule has 1 aliphatic rings. The largest absolute Gasteiger partial charge is 0.426 e. The summed E-state index contributed by atoms with van der Waals surface area (Å²) in [6.45, 7) is 29.3. The van der Waals surface area contributed by atoms with Crippen molar-refractivity contribution in [2.24, 2.45) is 15.4 Å². The monoisotopic (exact) mass is 740 g/mol. The molecule has 0 bridgehead atoms. The third kappa shape index (κ3) is 14.5. The van der Waals surface area contributed by atoms with Crippen LogP contribution < -0.4 is 5.46 Å². The van der Waals surface area contributed by atoms with Crippen molar-refractivity contribution in [3.8, 4) is 22.3 Å². The van der Waals surface area contributed by atoms with Gasteiger partial charge in [0.15, 0.2) is 5.84 Å². The maximum Gasteiger partial charge on any atom is 0.327 e. The molecule has 5 heteroatoms. The van der Waals surface area contributed by atoms with Crippen molar-refractivity contribution in [2.45, 2.75) is 122 Å². The summed E-state index contributed by atoms with van der Waals surface area (Å²) in [5.74, 6) is 0.741. The Hall–Kier alpha value is -4.61. The van der Waals surface area contributed by atoms with Crippen LogP contribution >= 0.6 is 0 Å². The van der Waals surface area contributed by atoms with E-state index in [0.717, 1.165) is 28.6 Å². The highest BCUT2D eigenvalue weighted by atomic mass is 16.5. The highest BCUT2D eigenvalue weighted by Gasteiger charge is 2.49. The Labute approximate surface area is 336 Å². The van der Waals surface area contributed by atoms with E-state index in [2.05, 4.69) is 95.3 Å². The zero-order chi connectivity index (χ0) is 41.4. The Kier molecular flexibility index (Phi) is 22.4. The SMILES string of the molecule is C/C=C\C=C(/CC)C(=N)N=C(N=CC\C=C/C=C\C=C\C)c1cccc(-c2cccc(-c3cc(B4CC(C)(C)C(C)(C)O4)ccc3C)c2)c1.CC.CC.CC. The summed E-state index contributed by atoms with van der Waals surface area (Å²) in [4.78, 5) is 9.53. The Morgan fingerprint density at radius 3 is 2.02 bits per heavy atom. The Bertz CT molecular complexity index is 1820. The quantitative estimate of drug-likeness (QED) is 0.0905. The van der Waals surface area contributed by atoms with Gasteiger partial charge in [-0.3, -0.25) is 5.41 Å². The van der Waals surface area contributed by atoms with E-state index in [1.807, 2.05) is 129 Å². The van der Waals surface area contributed by atoms with Crippen LogP contribution in [0, 0.1) is 17.7 Å². The maximum atomic E-state index is 8.80. The van der Waals surface area contributed by atoms with Crippen LogP contribution in [0.25, 0.3) is 22.3 Å². The van der Waals surface area contributed by atoms with Crippen LogP contribution in [0.2, 0.25) is 6.32 Å². The molecule has 1 heterocycles. The minimum atomic E-state index is -0.181. The van der Waals surface area contributed by atoms with Crippen molar-refractivity contribution in [3.05, 3.63) is 138 Å². The predicted octanol–water partition coefficient (Wildman–Crippen LogP) is 14.2. The minimum Gasteiger partial charge on any atom is -0.426 e. The lowest BCUT2D eigenvalue weighted by molar-refractivity contribution is 0.0375. The predicted molar refractivity (Wildman–Crippen MR) is 249 cm³/mol. The lowest BCUT2D eigenvalue weighted by atomic mass is 9.54. The van der Waals surface area contributed by atoms with Gasteiger partial charge in [-0.05, 0) is 104 Å². The van der Waals surface area contributed by atoms with Crippen LogP contribution in [-0.2, 0) is 4.65 Å². The first-order chi connectivity index (χ1) is 26.5. The number of allylic oxidation sites excluding steroid dienone is 9. The standard InChI is InChI=1S/C44H52BN3O.3C2H6/c1-9-12-14-15-16-17-18-28-47-42(48-41(46)34(11-3)21-13-10-2)38-25-20-23-36(30-38)35-22-19-24-37(29-35)40-31-39(27-26-33(40)4)45-32-43(5,6)44(7,8)49-45;3*1-2/h9-10,12-17,19-31,46H,11,18,32H2,1-8H3;3*1-2H3/b12-9+,13-10-,15-14-,17-16-,34-21+,46-41?,47-28?,48-42?;;;. The molecular formula is C50H70BN3O. The summed E-state index contributed by atoms with van der Waals surface area (Å²) >= 11 is 0. The molecule has 0 atom stereocenters.